The minimum Gasteiger partial charge on any atom is -0.507 e. The molecule has 4 rings (SSSR count). The highest BCUT2D eigenvalue weighted by Crippen LogP contribution is 2.54. The van der Waals surface area contributed by atoms with Gasteiger partial charge >= 0.3 is 8.60 Å². The van der Waals surface area contributed by atoms with Gasteiger partial charge in [0.05, 0.1) is 4.90 Å². The second-order valence-corrected chi connectivity index (χ2v) is 19.9. The maximum atomic E-state index is 11.1. The van der Waals surface area contributed by atoms with Gasteiger partial charge < -0.3 is 29.6 Å². The van der Waals surface area contributed by atoms with Gasteiger partial charge in [0, 0.05) is 41.2 Å². The van der Waals surface area contributed by atoms with Crippen LogP contribution in [0.4, 0.5) is 0 Å². The summed E-state index contributed by atoms with van der Waals surface area (Å²) in [5, 5.41) is 33.1. The second-order valence-electron chi connectivity index (χ2n) is 16.0. The van der Waals surface area contributed by atoms with Crippen molar-refractivity contribution in [3.63, 3.8) is 0 Å². The molecule has 0 saturated heterocycles. The third-order valence-electron chi connectivity index (χ3n) is 8.43. The third-order valence-corrected chi connectivity index (χ3v) is 12.4. The maximum Gasteiger partial charge on any atom is 0.391 e. The van der Waals surface area contributed by atoms with Crippen LogP contribution in [0, 0.1) is 27.7 Å². The number of hydrogen-bond acceptors (Lipinski definition) is 9. The van der Waals surface area contributed by atoms with Crippen molar-refractivity contribution in [3.05, 3.63) is 81.4 Å². The Labute approximate surface area is 312 Å². The molecule has 0 amide bonds. The molecule has 10 heteroatoms. The number of rotatable bonds is 8. The number of aryl methyl sites for hydroxylation is 4. The monoisotopic (exact) mass is 754 g/mol. The summed E-state index contributed by atoms with van der Waals surface area (Å²) in [4.78, 5) is 25.5. The van der Waals surface area contributed by atoms with Crippen LogP contribution in [0.1, 0.15) is 101 Å². The van der Waals surface area contributed by atoms with Gasteiger partial charge in [0.25, 0.3) is 0 Å². The van der Waals surface area contributed by atoms with Crippen LogP contribution in [0.5, 0.6) is 23.0 Å². The van der Waals surface area contributed by atoms with Gasteiger partial charge in [-0.05, 0) is 109 Å². The first-order valence-corrected chi connectivity index (χ1v) is 20.1. The van der Waals surface area contributed by atoms with Crippen molar-refractivity contribution >= 4 is 43.9 Å². The van der Waals surface area contributed by atoms with E-state index in [0.29, 0.717) is 16.4 Å². The van der Waals surface area contributed by atoms with E-state index >= 15 is 0 Å². The zero-order chi connectivity index (χ0) is 37.7. The van der Waals surface area contributed by atoms with Crippen LogP contribution in [-0.2, 0) is 16.2 Å². The lowest BCUT2D eigenvalue weighted by Gasteiger charge is -2.25. The zero-order valence-electron chi connectivity index (χ0n) is 31.4. The summed E-state index contributed by atoms with van der Waals surface area (Å²) in [5.74, 6) is 1.16. The molecule has 50 heavy (non-hydrogen) atoms. The minimum absolute atomic E-state index is 0.258. The molecule has 0 fully saturated rings. The van der Waals surface area contributed by atoms with Crippen molar-refractivity contribution in [3.8, 4) is 23.0 Å². The molecule has 0 aliphatic heterocycles. The molecule has 270 valence electrons. The molecule has 0 aromatic heterocycles. The van der Waals surface area contributed by atoms with Gasteiger partial charge in [0.1, 0.15) is 23.0 Å². The highest BCUT2D eigenvalue weighted by Gasteiger charge is 2.28. The molecule has 5 N–H and O–H groups in total. The van der Waals surface area contributed by atoms with Gasteiger partial charge in [0.2, 0.25) is 0 Å². The SMILES string of the molecule is Cc1cc(Sc2c(C)cc(OP(O)O)c(Sc3cc(C)c(O)c(C(C)(C)C)c3)c2Sc2cc(C)c(O)c(C(C)(C)C)c2)cc(C(C)(C)C)c1O. The Morgan fingerprint density at radius 2 is 0.780 bits per heavy atom. The van der Waals surface area contributed by atoms with Crippen molar-refractivity contribution in [2.45, 2.75) is 136 Å². The molecule has 4 aromatic rings. The quantitative estimate of drug-likeness (QED) is 0.112. The highest BCUT2D eigenvalue weighted by atomic mass is 32.2. The molecule has 0 bridgehead atoms. The van der Waals surface area contributed by atoms with E-state index in [1.807, 2.05) is 70.2 Å². The van der Waals surface area contributed by atoms with Gasteiger partial charge in [-0.2, -0.15) is 0 Å². The number of phenols is 3. The summed E-state index contributed by atoms with van der Waals surface area (Å²) in [6.45, 7) is 26.3. The molecule has 0 heterocycles. The van der Waals surface area contributed by atoms with Crippen molar-refractivity contribution in [2.75, 3.05) is 0 Å². The Bertz CT molecular complexity index is 1920. The Balaban J connectivity index is 2.06. The zero-order valence-corrected chi connectivity index (χ0v) is 34.7. The van der Waals surface area contributed by atoms with E-state index < -0.39 is 8.60 Å². The molecule has 0 unspecified atom stereocenters. The average Bonchev–Trinajstić information content (AvgIpc) is 2.95. The second kappa shape index (κ2) is 14.8. The fourth-order valence-electron chi connectivity index (χ4n) is 5.68. The molecule has 0 saturated carbocycles. The summed E-state index contributed by atoms with van der Waals surface area (Å²) in [5.41, 5.74) is 4.72. The Morgan fingerprint density at radius 3 is 1.10 bits per heavy atom. The van der Waals surface area contributed by atoms with Crippen molar-refractivity contribution in [2.24, 2.45) is 0 Å². The summed E-state index contributed by atoms with van der Waals surface area (Å²) in [7, 11) is -2.73. The van der Waals surface area contributed by atoms with Crippen LogP contribution in [0.25, 0.3) is 0 Å². The molecular weight excluding hydrogens is 704 g/mol. The van der Waals surface area contributed by atoms with Gasteiger partial charge in [-0.3, -0.25) is 0 Å². The molecule has 0 aliphatic rings. The fourth-order valence-corrected chi connectivity index (χ4v) is 9.83. The molecular formula is C40H51O6PS3. The van der Waals surface area contributed by atoms with E-state index in [0.717, 1.165) is 63.4 Å². The van der Waals surface area contributed by atoms with E-state index in [2.05, 4.69) is 62.3 Å². The van der Waals surface area contributed by atoms with Crippen molar-refractivity contribution in [1.29, 1.82) is 0 Å². The largest absolute Gasteiger partial charge is 0.507 e. The van der Waals surface area contributed by atoms with Crippen LogP contribution < -0.4 is 4.52 Å². The molecule has 0 radical (unpaired) electrons. The average molecular weight is 755 g/mol. The van der Waals surface area contributed by atoms with Crippen LogP contribution >= 0.6 is 43.9 Å². The Morgan fingerprint density at radius 1 is 0.460 bits per heavy atom. The molecule has 0 spiro atoms. The van der Waals surface area contributed by atoms with Crippen LogP contribution in [-0.4, -0.2) is 25.1 Å². The predicted molar refractivity (Wildman–Crippen MR) is 210 cm³/mol. The van der Waals surface area contributed by atoms with E-state index in [1.54, 1.807) is 11.8 Å². The number of aromatic hydroxyl groups is 3. The molecule has 4 aromatic carbocycles. The number of hydrogen-bond donors (Lipinski definition) is 5. The highest BCUT2D eigenvalue weighted by molar-refractivity contribution is 8.04. The number of benzene rings is 4. The fraction of sp³-hybridized carbons (Fsp3) is 0.400. The van der Waals surface area contributed by atoms with E-state index in [1.165, 1.54) is 23.5 Å². The van der Waals surface area contributed by atoms with E-state index in [9.17, 15) is 25.1 Å². The lowest BCUT2D eigenvalue weighted by molar-refractivity contribution is 0.370. The molecule has 0 atom stereocenters. The summed E-state index contributed by atoms with van der Waals surface area (Å²) < 4.78 is 5.76. The minimum atomic E-state index is -2.73. The molecule has 6 nitrogen and oxygen atoms in total. The van der Waals surface area contributed by atoms with Crippen molar-refractivity contribution < 1.29 is 29.6 Å². The van der Waals surface area contributed by atoms with Crippen LogP contribution in [0.2, 0.25) is 0 Å². The lowest BCUT2D eigenvalue weighted by Crippen LogP contribution is -2.12. The van der Waals surface area contributed by atoms with Crippen molar-refractivity contribution in [1.82, 2.24) is 0 Å². The normalized spacial score (nSPS) is 12.6. The topological polar surface area (TPSA) is 110 Å². The summed E-state index contributed by atoms with van der Waals surface area (Å²) >= 11 is 4.57. The van der Waals surface area contributed by atoms with E-state index in [-0.39, 0.29) is 27.7 Å². The standard InChI is InChI=1S/C40H51O6PS3/c1-21-14-25(18-28(32(21)41)38(5,6)7)48-35-24(4)17-31(46-47(44)45)36(49-26-15-22(2)33(42)29(19-26)39(8,9)10)37(35)50-27-16-23(3)34(43)30(20-27)40(11,12)13/h14-20,41-45H,1-13H3. The predicted octanol–water partition coefficient (Wildman–Crippen LogP) is 12.0. The van der Waals surface area contributed by atoms with Gasteiger partial charge in [-0.15, -0.1) is 0 Å². The van der Waals surface area contributed by atoms with Gasteiger partial charge in [0.15, 0.2) is 0 Å². The van der Waals surface area contributed by atoms with Gasteiger partial charge in [-0.25, -0.2) is 0 Å². The lowest BCUT2D eigenvalue weighted by atomic mass is 9.85. The summed E-state index contributed by atoms with van der Waals surface area (Å²) in [6.07, 6.45) is 0. The molecule has 0 aliphatic carbocycles. The Kier molecular flexibility index (Phi) is 11.9. The van der Waals surface area contributed by atoms with Crippen LogP contribution in [0.3, 0.4) is 0 Å². The smallest absolute Gasteiger partial charge is 0.391 e. The first kappa shape index (κ1) is 40.3. The number of phenolic OH excluding ortho intramolecular Hbond substituents is 3. The Hall–Kier alpha value is -2.52. The maximum absolute atomic E-state index is 11.1. The van der Waals surface area contributed by atoms with Gasteiger partial charge in [-0.1, -0.05) is 97.6 Å². The summed E-state index contributed by atoms with van der Waals surface area (Å²) in [6, 6.07) is 13.8. The van der Waals surface area contributed by atoms with E-state index in [4.69, 9.17) is 4.52 Å². The third kappa shape index (κ3) is 9.09. The first-order valence-electron chi connectivity index (χ1n) is 16.5. The van der Waals surface area contributed by atoms with Crippen LogP contribution in [0.15, 0.2) is 71.8 Å². The first-order chi connectivity index (χ1) is 22.9.